The summed E-state index contributed by atoms with van der Waals surface area (Å²) in [5, 5.41) is 24.0. The molecule has 17 heteroatoms. The van der Waals surface area contributed by atoms with Crippen LogP contribution in [0, 0.1) is 11.8 Å². The van der Waals surface area contributed by atoms with Gasteiger partial charge in [0.15, 0.2) is 0 Å². The molecule has 0 radical (unpaired) electrons. The van der Waals surface area contributed by atoms with Crippen molar-refractivity contribution in [1.29, 1.82) is 0 Å². The molecule has 1 aliphatic rings. The van der Waals surface area contributed by atoms with Crippen molar-refractivity contribution in [2.24, 2.45) is 17.6 Å². The van der Waals surface area contributed by atoms with Crippen LogP contribution < -0.4 is 32.3 Å². The maximum absolute atomic E-state index is 14.5. The van der Waals surface area contributed by atoms with E-state index in [9.17, 15) is 38.7 Å². The number of aromatic nitrogens is 1. The van der Waals surface area contributed by atoms with Crippen LogP contribution in [0.1, 0.15) is 78.7 Å². The normalized spacial score (nSPS) is 17.3. The van der Waals surface area contributed by atoms with Crippen LogP contribution in [0.25, 0.3) is 10.9 Å². The minimum atomic E-state index is -1.17. The lowest BCUT2D eigenvalue weighted by molar-refractivity contribution is -0.143. The van der Waals surface area contributed by atoms with E-state index in [1.54, 1.807) is 13.1 Å². The van der Waals surface area contributed by atoms with Crippen LogP contribution >= 0.6 is 11.8 Å². The topological polar surface area (TPSA) is 245 Å². The number of nitrogens with two attached hydrogens (primary N) is 1. The van der Waals surface area contributed by atoms with Crippen molar-refractivity contribution in [3.05, 3.63) is 36.0 Å². The highest BCUT2D eigenvalue weighted by Gasteiger charge is 2.40. The number of hydrogen-bond donors (Lipinski definition) is 8. The highest BCUT2D eigenvalue weighted by molar-refractivity contribution is 7.98. The minimum absolute atomic E-state index is 0.0433. The summed E-state index contributed by atoms with van der Waals surface area (Å²) in [6.45, 7) is 9.07. The van der Waals surface area contributed by atoms with E-state index < -0.39 is 77.7 Å². The number of fused-ring (bicyclic) bond motifs is 1. The van der Waals surface area contributed by atoms with Gasteiger partial charge in [-0.1, -0.05) is 59.2 Å². The Balaban J connectivity index is 1.85. The van der Waals surface area contributed by atoms with E-state index in [2.05, 4.69) is 31.6 Å². The second-order valence-corrected chi connectivity index (χ2v) is 15.8. The van der Waals surface area contributed by atoms with Gasteiger partial charge in [0.2, 0.25) is 35.4 Å². The third kappa shape index (κ3) is 12.7. The second-order valence-electron chi connectivity index (χ2n) is 14.8. The molecular weight excluding hydrogens is 741 g/mol. The van der Waals surface area contributed by atoms with Crippen molar-refractivity contribution < 1.29 is 38.7 Å². The van der Waals surface area contributed by atoms with Crippen molar-refractivity contribution in [3.8, 4) is 0 Å². The van der Waals surface area contributed by atoms with Crippen LogP contribution in [-0.4, -0.2) is 118 Å². The third-order valence-corrected chi connectivity index (χ3v) is 10.8. The van der Waals surface area contributed by atoms with Gasteiger partial charge in [0.1, 0.15) is 36.3 Å². The fourth-order valence-corrected chi connectivity index (χ4v) is 7.25. The number of hydrogen-bond acceptors (Lipinski definition) is 9. The second kappa shape index (κ2) is 22.2. The molecule has 0 saturated carbocycles. The zero-order valence-electron chi connectivity index (χ0n) is 33.3. The number of aliphatic carboxylic acids is 1. The van der Waals surface area contributed by atoms with Crippen molar-refractivity contribution >= 4 is 64.1 Å². The van der Waals surface area contributed by atoms with Gasteiger partial charge in [-0.15, -0.1) is 0 Å². The molecule has 0 spiro atoms. The first-order valence-corrected chi connectivity index (χ1v) is 20.8. The van der Waals surface area contributed by atoms with Crippen molar-refractivity contribution in [1.82, 2.24) is 36.5 Å². The Kier molecular flexibility index (Phi) is 18.1. The summed E-state index contributed by atoms with van der Waals surface area (Å²) in [5.41, 5.74) is 7.16. The molecule has 1 saturated heterocycles. The van der Waals surface area contributed by atoms with Crippen LogP contribution in [0.4, 0.5) is 0 Å². The zero-order chi connectivity index (χ0) is 41.5. The number of thioether (sulfide) groups is 1. The lowest BCUT2D eigenvalue weighted by atomic mass is 9.97. The average Bonchev–Trinajstić information content (AvgIpc) is 3.83. The van der Waals surface area contributed by atoms with Crippen molar-refractivity contribution in [2.75, 3.05) is 25.1 Å². The Morgan fingerprint density at radius 1 is 0.893 bits per heavy atom. The fraction of sp³-hybridized carbons (Fsp3) is 0.615. The molecule has 1 aliphatic heterocycles. The Morgan fingerprint density at radius 3 is 2.18 bits per heavy atom. The van der Waals surface area contributed by atoms with E-state index in [0.29, 0.717) is 25.0 Å². The first-order chi connectivity index (χ1) is 26.6. The van der Waals surface area contributed by atoms with Crippen LogP contribution in [0.15, 0.2) is 30.5 Å². The lowest BCUT2D eigenvalue weighted by Crippen LogP contribution is -2.60. The molecule has 0 bridgehead atoms. The van der Waals surface area contributed by atoms with Crippen molar-refractivity contribution in [2.45, 2.75) is 116 Å². The Labute approximate surface area is 333 Å². The SMILES string of the molecule is CC[C@H](NC(=O)[C@H](CC(C)C)NC(=O)[C@@H]1CCCN1C(=O)[C@H](Cc1c[nH]c2ccccc12)NC(=O)[C@@H](NC(=O)CN)[C@@H](C)CC)C(=O)N[C@@H](CCSC)C(=O)O. The van der Waals surface area contributed by atoms with Gasteiger partial charge in [0.05, 0.1) is 6.54 Å². The fourth-order valence-electron chi connectivity index (χ4n) is 6.78. The molecule has 2 aromatic rings. The molecule has 7 atom stereocenters. The third-order valence-electron chi connectivity index (χ3n) is 10.2. The highest BCUT2D eigenvalue weighted by atomic mass is 32.2. The van der Waals surface area contributed by atoms with Gasteiger partial charge in [-0.2, -0.15) is 11.8 Å². The van der Waals surface area contributed by atoms with Crippen LogP contribution in [0.5, 0.6) is 0 Å². The zero-order valence-corrected chi connectivity index (χ0v) is 34.1. The molecule has 310 valence electrons. The van der Waals surface area contributed by atoms with Gasteiger partial charge in [-0.3, -0.25) is 28.8 Å². The number of carbonyl (C=O) groups excluding carboxylic acids is 6. The number of aromatic amines is 1. The number of para-hydroxylation sites is 1. The Hall–Kier alpha value is -4.64. The summed E-state index contributed by atoms with van der Waals surface area (Å²) in [6.07, 6.45) is 5.70. The number of H-pyrrole nitrogens is 1. The number of carboxylic acid groups (broad SMARTS) is 1. The molecule has 2 heterocycles. The smallest absolute Gasteiger partial charge is 0.326 e. The molecule has 9 N–H and O–H groups in total. The monoisotopic (exact) mass is 800 g/mol. The van der Waals surface area contributed by atoms with Crippen LogP contribution in [-0.2, 0) is 40.0 Å². The molecule has 1 fully saturated rings. The number of likely N-dealkylation sites (tertiary alicyclic amines) is 1. The molecule has 1 aromatic carbocycles. The molecule has 1 aromatic heterocycles. The predicted octanol–water partition coefficient (Wildman–Crippen LogP) is 1.42. The molecule has 16 nitrogen and oxygen atoms in total. The number of nitrogens with zero attached hydrogens (tertiary/aromatic N) is 1. The largest absolute Gasteiger partial charge is 0.480 e. The summed E-state index contributed by atoms with van der Waals surface area (Å²) >= 11 is 1.45. The minimum Gasteiger partial charge on any atom is -0.480 e. The van der Waals surface area contributed by atoms with Gasteiger partial charge in [-0.05, 0) is 67.6 Å². The number of carbonyl (C=O) groups is 7. The van der Waals surface area contributed by atoms with E-state index in [4.69, 9.17) is 5.73 Å². The van der Waals surface area contributed by atoms with Crippen molar-refractivity contribution in [3.63, 3.8) is 0 Å². The molecule has 56 heavy (non-hydrogen) atoms. The Morgan fingerprint density at radius 2 is 1.55 bits per heavy atom. The molecule has 0 unspecified atom stereocenters. The predicted molar refractivity (Wildman–Crippen MR) is 215 cm³/mol. The van der Waals surface area contributed by atoms with Crippen LogP contribution in [0.3, 0.4) is 0 Å². The number of benzene rings is 1. The van der Waals surface area contributed by atoms with Gasteiger partial charge < -0.3 is 47.3 Å². The molecule has 0 aliphatic carbocycles. The lowest BCUT2D eigenvalue weighted by Gasteiger charge is -2.32. The summed E-state index contributed by atoms with van der Waals surface area (Å²) in [7, 11) is 0. The van der Waals surface area contributed by atoms with Gasteiger partial charge in [0, 0.05) is 30.1 Å². The van der Waals surface area contributed by atoms with Crippen LogP contribution in [0.2, 0.25) is 0 Å². The molecular formula is C39H60N8O8S. The number of amides is 6. The summed E-state index contributed by atoms with van der Waals surface area (Å²) in [4.78, 5) is 97.8. The number of rotatable bonds is 22. The molecule has 6 amide bonds. The summed E-state index contributed by atoms with van der Waals surface area (Å²) in [5.74, 6) is -4.34. The van der Waals surface area contributed by atoms with E-state index >= 15 is 0 Å². The summed E-state index contributed by atoms with van der Waals surface area (Å²) < 4.78 is 0. The average molecular weight is 801 g/mol. The van der Waals surface area contributed by atoms with E-state index in [-0.39, 0.29) is 50.6 Å². The first-order valence-electron chi connectivity index (χ1n) is 19.4. The van der Waals surface area contributed by atoms with Gasteiger partial charge >= 0.3 is 5.97 Å². The quantitative estimate of drug-likeness (QED) is 0.0852. The maximum atomic E-state index is 14.5. The van der Waals surface area contributed by atoms with E-state index in [0.717, 1.165) is 16.5 Å². The first kappa shape index (κ1) is 45.7. The molecule has 3 rings (SSSR count). The standard InChI is InChI=1S/C39H60N8O8S/c1-7-23(5)33(46-32(48)20-40)37(52)45-30(19-24-21-41-27-13-10-9-12-25(24)27)38(53)47-16-11-14-31(47)36(51)44-29(18-22(3)4)35(50)42-26(8-2)34(49)43-28(39(54)55)15-17-56-6/h9-10,12-13,21-23,26,28-31,33,41H,7-8,11,14-20,40H2,1-6H3,(H,42,50)(H,43,49)(H,44,51)(H,45,52)(H,46,48)(H,54,55)/t23-,26-,28-,29-,30-,31-,33-/m0/s1. The highest BCUT2D eigenvalue weighted by Crippen LogP contribution is 2.24. The Bertz CT molecular complexity index is 1680. The maximum Gasteiger partial charge on any atom is 0.326 e. The van der Waals surface area contributed by atoms with Gasteiger partial charge in [-0.25, -0.2) is 4.79 Å². The van der Waals surface area contributed by atoms with E-state index in [1.165, 1.54) is 16.7 Å². The number of nitrogens with one attached hydrogen (secondary N) is 6. The van der Waals surface area contributed by atoms with Gasteiger partial charge in [0.25, 0.3) is 0 Å². The summed E-state index contributed by atoms with van der Waals surface area (Å²) in [6, 6.07) is 1.32. The number of carboxylic acids is 1. The van der Waals surface area contributed by atoms with E-state index in [1.807, 2.05) is 58.2 Å².